The van der Waals surface area contributed by atoms with Crippen LogP contribution in [0.4, 0.5) is 0 Å². The van der Waals surface area contributed by atoms with E-state index >= 15 is 0 Å². The monoisotopic (exact) mass is 875 g/mol. The molecule has 0 radical (unpaired) electrons. The molecule has 1 aliphatic rings. The number of benzene rings is 1. The Morgan fingerprint density at radius 2 is 1.93 bits per heavy atom. The summed E-state index contributed by atoms with van der Waals surface area (Å²) in [6.45, 7) is 0. The molecule has 1 aromatic heterocycles. The van der Waals surface area contributed by atoms with E-state index in [1.54, 1.807) is 10.9 Å². The van der Waals surface area contributed by atoms with Crippen LogP contribution in [0.1, 0.15) is 0 Å². The maximum atomic E-state index is 2.72. The molecule has 0 spiro atoms. The van der Waals surface area contributed by atoms with Gasteiger partial charge in [-0.2, -0.15) is 0 Å². The number of hydrogen-bond donors (Lipinski definition) is 0. The Bertz CT molecular complexity index is 584. The van der Waals surface area contributed by atoms with Crippen molar-refractivity contribution in [1.82, 2.24) is 2.78 Å². The van der Waals surface area contributed by atoms with Crippen LogP contribution in [0.2, 0.25) is 0 Å². The van der Waals surface area contributed by atoms with E-state index in [0.717, 1.165) is 25.2 Å². The zero-order valence-electron chi connectivity index (χ0n) is 7.02. The molecule has 2 heterocycles. The van der Waals surface area contributed by atoms with Crippen LogP contribution in [0.15, 0.2) is 24.3 Å². The molecule has 0 amide bonds. The Kier molecular flexibility index (Phi) is 5.31. The SMILES string of the molecule is I[I-]n1c2c(c3ccccc31)I=II=I2. The first-order valence-corrected chi connectivity index (χ1v) is 32.2. The molecule has 0 aliphatic carbocycles. The van der Waals surface area contributed by atoms with E-state index in [4.69, 9.17) is 0 Å². The fourth-order valence-corrected chi connectivity index (χ4v) is 82.4. The van der Waals surface area contributed by atoms with Gasteiger partial charge in [-0.3, -0.25) is 0 Å². The second kappa shape index (κ2) is 6.06. The van der Waals surface area contributed by atoms with Gasteiger partial charge in [0.15, 0.2) is 0 Å². The summed E-state index contributed by atoms with van der Waals surface area (Å²) in [4.78, 5) is 0. The van der Waals surface area contributed by atoms with Crippen molar-refractivity contribution in [3.05, 3.63) is 31.5 Å². The number of hydrogen-bond acceptors (Lipinski definition) is 0. The van der Waals surface area contributed by atoms with Crippen molar-refractivity contribution in [2.24, 2.45) is 0 Å². The van der Waals surface area contributed by atoms with E-state index in [1.807, 2.05) is 7.27 Å². The topological polar surface area (TPSA) is 4.93 Å². The first-order valence-electron chi connectivity index (χ1n) is 3.89. The molecule has 0 atom stereocenters. The number of fused-ring (bicyclic) bond motifs is 3. The van der Waals surface area contributed by atoms with Crippen molar-refractivity contribution in [1.29, 1.82) is 0 Å². The van der Waals surface area contributed by atoms with E-state index in [9.17, 15) is 0 Å². The standard InChI is InChI=1S/C8H4I6N/c9-12-15-6-4-2-1-3-5(6)7-8(15)11-14-13-10-7/h1-4H/q-1. The third kappa shape index (κ3) is 2.56. The van der Waals surface area contributed by atoms with Crippen LogP contribution in [0.5, 0.6) is 0 Å². The van der Waals surface area contributed by atoms with Crippen LogP contribution in [-0.4, -0.2) is 2.78 Å². The molecule has 1 aromatic carbocycles. The molecule has 15 heavy (non-hydrogen) atoms. The van der Waals surface area contributed by atoms with Crippen molar-refractivity contribution < 1.29 is 17.5 Å². The molecule has 2 aromatic rings. The molecule has 0 saturated heterocycles. The van der Waals surface area contributed by atoms with Gasteiger partial charge in [-0.25, -0.2) is 0 Å². The Morgan fingerprint density at radius 1 is 1.13 bits per heavy atom. The molecule has 0 bridgehead atoms. The van der Waals surface area contributed by atoms with Gasteiger partial charge in [-0.1, -0.05) is 0 Å². The average Bonchev–Trinajstić information content (AvgIpc) is 2.63. The quantitative estimate of drug-likeness (QED) is 0.390. The van der Waals surface area contributed by atoms with Gasteiger partial charge in [0.2, 0.25) is 0 Å². The molecule has 1 nitrogen and oxygen atoms in total. The second-order valence-electron chi connectivity index (χ2n) is 2.72. The molecule has 84 valence electrons. The summed E-state index contributed by atoms with van der Waals surface area (Å²) in [5.41, 5.74) is 1.57. The van der Waals surface area contributed by atoms with E-state index in [-0.39, 0.29) is 17.5 Å². The minimum absolute atomic E-state index is 0.189. The summed E-state index contributed by atoms with van der Waals surface area (Å²) in [7, 11) is 0. The molecule has 3 rings (SSSR count). The first-order chi connectivity index (χ1) is 7.42. The van der Waals surface area contributed by atoms with Crippen LogP contribution in [-0.2, 0) is 0 Å². The predicted octanol–water partition coefficient (Wildman–Crippen LogP) is 2.82. The third-order valence-corrected chi connectivity index (χ3v) is 73.5. The summed E-state index contributed by atoms with van der Waals surface area (Å²) < 4.78 is 6.48. The summed E-state index contributed by atoms with van der Waals surface area (Å²) in [5, 5.41) is 1.64. The zero-order valence-corrected chi connectivity index (χ0v) is 20.0. The van der Waals surface area contributed by atoms with Crippen LogP contribution in [0.25, 0.3) is 10.9 Å². The molecule has 0 N–H and O–H groups in total. The molecule has 1 aliphatic heterocycles. The van der Waals surface area contributed by atoms with E-state index < -0.39 is 0 Å². The van der Waals surface area contributed by atoms with Crippen LogP contribution >= 0.6 is 77.0 Å². The number of nitrogens with zero attached hydrogens (tertiary/aromatic N) is 1. The van der Waals surface area contributed by atoms with Crippen LogP contribution in [0.3, 0.4) is 0 Å². The van der Waals surface area contributed by atoms with Gasteiger partial charge in [-0.05, 0) is 0 Å². The van der Waals surface area contributed by atoms with E-state index in [1.165, 1.54) is 0 Å². The molecule has 0 unspecified atom stereocenters. The van der Waals surface area contributed by atoms with Crippen molar-refractivity contribution in [3.63, 3.8) is 0 Å². The molecular weight excluding hydrogens is 872 g/mol. The van der Waals surface area contributed by atoms with Gasteiger partial charge in [-0.15, -0.1) is 0 Å². The fourth-order valence-electron chi connectivity index (χ4n) is 1.40. The number of halogens is 6. The van der Waals surface area contributed by atoms with Crippen molar-refractivity contribution >= 4 is 87.9 Å². The normalized spacial score (nSPS) is 15.8. The van der Waals surface area contributed by atoms with Crippen LogP contribution < -0.4 is 17.5 Å². The summed E-state index contributed by atoms with van der Waals surface area (Å²) >= 11 is 5.25. The van der Waals surface area contributed by atoms with Gasteiger partial charge in [0.25, 0.3) is 0 Å². The third-order valence-electron chi connectivity index (χ3n) is 1.98. The minimum atomic E-state index is 0.189. The van der Waals surface area contributed by atoms with Crippen molar-refractivity contribution in [2.45, 2.75) is 0 Å². The van der Waals surface area contributed by atoms with E-state index in [0.29, 0.717) is 33.2 Å². The van der Waals surface area contributed by atoms with Crippen molar-refractivity contribution in [2.75, 3.05) is 0 Å². The molecule has 0 saturated carbocycles. The molecule has 0 fully saturated rings. The maximum absolute atomic E-state index is 2.72. The average molecular weight is 876 g/mol. The van der Waals surface area contributed by atoms with Gasteiger partial charge >= 0.3 is 140 Å². The Hall–Kier alpha value is 3.14. The summed E-state index contributed by atoms with van der Waals surface area (Å²) in [5.74, 6) is 0. The Morgan fingerprint density at radius 3 is 2.80 bits per heavy atom. The molecular formula is C8H4I6N-. The Balaban J connectivity index is 2.49. The van der Waals surface area contributed by atoms with Gasteiger partial charge in [0, 0.05) is 0 Å². The molecule has 7 heteroatoms. The zero-order chi connectivity index (χ0) is 10.3. The van der Waals surface area contributed by atoms with Crippen molar-refractivity contribution in [3.8, 4) is 0 Å². The number of rotatable bonds is 1. The predicted molar refractivity (Wildman–Crippen MR) is 105 cm³/mol. The number of aromatic nitrogens is 1. The van der Waals surface area contributed by atoms with Crippen LogP contribution in [0, 0.1) is 7.27 Å². The van der Waals surface area contributed by atoms with Gasteiger partial charge in [0.05, 0.1) is 0 Å². The summed E-state index contributed by atoms with van der Waals surface area (Å²) in [6, 6.07) is 9.15. The van der Waals surface area contributed by atoms with E-state index in [2.05, 4.69) is 45.7 Å². The fraction of sp³-hybridized carbons (Fsp3) is 0. The first kappa shape index (κ1) is 13.1. The second-order valence-corrected chi connectivity index (χ2v) is 47.4. The summed E-state index contributed by atoms with van der Waals surface area (Å²) in [6.07, 6.45) is 0. The Labute approximate surface area is 136 Å². The van der Waals surface area contributed by atoms with Gasteiger partial charge in [0.1, 0.15) is 0 Å². The van der Waals surface area contributed by atoms with Gasteiger partial charge < -0.3 is 0 Å². The number of para-hydroxylation sites is 1.